The zero-order valence-corrected chi connectivity index (χ0v) is 7.28. The Hall–Kier alpha value is -0.550. The average molecular weight is 185 g/mol. The van der Waals surface area contributed by atoms with Crippen molar-refractivity contribution in [2.45, 2.75) is 5.37 Å². The third-order valence-corrected chi connectivity index (χ3v) is 2.90. The van der Waals surface area contributed by atoms with Crippen LogP contribution in [0.15, 0.2) is 16.5 Å². The van der Waals surface area contributed by atoms with Gasteiger partial charge in [-0.1, -0.05) is 6.08 Å². The van der Waals surface area contributed by atoms with E-state index in [4.69, 9.17) is 18.0 Å². The predicted octanol–water partition coefficient (Wildman–Crippen LogP) is 0.435. The zero-order valence-electron chi connectivity index (χ0n) is 5.65. The summed E-state index contributed by atoms with van der Waals surface area (Å²) in [5.74, 6) is 0.853. The summed E-state index contributed by atoms with van der Waals surface area (Å²) in [6, 6.07) is 0. The number of nitrogens with two attached hydrogens (primary N) is 1. The van der Waals surface area contributed by atoms with Crippen molar-refractivity contribution >= 4 is 34.9 Å². The average Bonchev–Trinajstić information content (AvgIpc) is 2.34. The van der Waals surface area contributed by atoms with Gasteiger partial charge in [0.2, 0.25) is 0 Å². The number of hydrogen-bond donors (Lipinski definition) is 2. The molecule has 5 heteroatoms. The molecule has 2 rings (SSSR count). The summed E-state index contributed by atoms with van der Waals surface area (Å²) < 4.78 is 0. The van der Waals surface area contributed by atoms with Crippen LogP contribution in [0.1, 0.15) is 0 Å². The van der Waals surface area contributed by atoms with Gasteiger partial charge in [-0.05, 0) is 17.6 Å². The molecule has 0 spiro atoms. The summed E-state index contributed by atoms with van der Waals surface area (Å²) >= 11 is 6.58. The maximum Gasteiger partial charge on any atom is 0.195 e. The first-order valence-corrected chi connectivity index (χ1v) is 4.59. The lowest BCUT2D eigenvalue weighted by Gasteiger charge is -2.24. The highest BCUT2D eigenvalue weighted by Gasteiger charge is 2.30. The van der Waals surface area contributed by atoms with Gasteiger partial charge in [0.15, 0.2) is 5.11 Å². The lowest BCUT2D eigenvalue weighted by Crippen LogP contribution is -2.45. The van der Waals surface area contributed by atoms with Crippen molar-refractivity contribution in [2.75, 3.05) is 0 Å². The second kappa shape index (κ2) is 2.49. The fraction of sp³-hybridized carbons (Fsp3) is 0.333. The van der Waals surface area contributed by atoms with E-state index in [0.717, 1.165) is 0 Å². The van der Waals surface area contributed by atoms with Gasteiger partial charge >= 0.3 is 0 Å². The molecule has 0 amide bonds. The minimum absolute atomic E-state index is 0.228. The van der Waals surface area contributed by atoms with Crippen LogP contribution in [0, 0.1) is 5.92 Å². The van der Waals surface area contributed by atoms with Crippen LogP contribution in [0.4, 0.5) is 0 Å². The van der Waals surface area contributed by atoms with E-state index in [9.17, 15) is 0 Å². The summed E-state index contributed by atoms with van der Waals surface area (Å²) in [7, 11) is 0. The van der Waals surface area contributed by atoms with E-state index in [1.54, 1.807) is 11.8 Å². The largest absolute Gasteiger partial charge is 0.386 e. The number of thioether (sulfide) groups is 1. The minimum atomic E-state index is 0.228. The first-order chi connectivity index (χ1) is 5.27. The lowest BCUT2D eigenvalue weighted by atomic mass is 10.1. The van der Waals surface area contributed by atoms with E-state index in [0.29, 0.717) is 10.9 Å². The molecule has 0 fully saturated rings. The fourth-order valence-electron chi connectivity index (χ4n) is 1.12. The monoisotopic (exact) mass is 185 g/mol. The molecular formula is C6H7N3S2. The van der Waals surface area contributed by atoms with E-state index in [1.807, 2.05) is 11.5 Å². The normalized spacial score (nSPS) is 34.5. The molecule has 0 saturated heterocycles. The van der Waals surface area contributed by atoms with E-state index in [1.165, 1.54) is 0 Å². The van der Waals surface area contributed by atoms with E-state index >= 15 is 0 Å². The molecule has 0 aromatic rings. The van der Waals surface area contributed by atoms with Crippen LogP contribution in [0.5, 0.6) is 0 Å². The molecule has 3 N–H and O–H groups in total. The van der Waals surface area contributed by atoms with E-state index < -0.39 is 0 Å². The second-order valence-electron chi connectivity index (χ2n) is 2.40. The predicted molar refractivity (Wildman–Crippen MR) is 51.4 cm³/mol. The van der Waals surface area contributed by atoms with Gasteiger partial charge in [-0.25, -0.2) is 4.99 Å². The first-order valence-electron chi connectivity index (χ1n) is 3.24. The van der Waals surface area contributed by atoms with Crippen LogP contribution in [-0.2, 0) is 0 Å². The molecular weight excluding hydrogens is 178 g/mol. The molecule has 0 aromatic carbocycles. The number of nitrogens with one attached hydrogen (secondary N) is 1. The van der Waals surface area contributed by atoms with Crippen molar-refractivity contribution in [1.82, 2.24) is 5.32 Å². The second-order valence-corrected chi connectivity index (χ2v) is 3.84. The van der Waals surface area contributed by atoms with Gasteiger partial charge in [0.25, 0.3) is 0 Å². The van der Waals surface area contributed by atoms with Gasteiger partial charge in [0.1, 0.15) is 5.84 Å². The smallest absolute Gasteiger partial charge is 0.195 e. The molecule has 0 bridgehead atoms. The number of hydrogen-bond acceptors (Lipinski definition) is 3. The van der Waals surface area contributed by atoms with Crippen LogP contribution in [-0.4, -0.2) is 16.3 Å². The Kier molecular flexibility index (Phi) is 1.61. The Morgan fingerprint density at radius 1 is 1.73 bits per heavy atom. The third-order valence-electron chi connectivity index (χ3n) is 1.68. The van der Waals surface area contributed by atoms with Crippen molar-refractivity contribution < 1.29 is 0 Å². The minimum Gasteiger partial charge on any atom is -0.386 e. The maximum atomic E-state index is 5.67. The summed E-state index contributed by atoms with van der Waals surface area (Å²) in [5.41, 5.74) is 5.67. The number of aliphatic imine (C=N–C) groups is 1. The Morgan fingerprint density at radius 2 is 2.55 bits per heavy atom. The zero-order chi connectivity index (χ0) is 7.84. The van der Waals surface area contributed by atoms with Gasteiger partial charge in [0.05, 0.1) is 11.3 Å². The number of fused-ring (bicyclic) bond motifs is 1. The van der Waals surface area contributed by atoms with Crippen molar-refractivity contribution in [3.05, 3.63) is 11.5 Å². The molecule has 58 valence electrons. The molecule has 2 unspecified atom stereocenters. The Balaban J connectivity index is 2.30. The Bertz CT molecular complexity index is 259. The SMILES string of the molecule is NC1=NC(=S)NC2SC=CC12. The highest BCUT2D eigenvalue weighted by molar-refractivity contribution is 8.03. The first kappa shape index (κ1) is 7.12. The molecule has 0 radical (unpaired) electrons. The van der Waals surface area contributed by atoms with Crippen molar-refractivity contribution in [2.24, 2.45) is 16.6 Å². The molecule has 2 heterocycles. The van der Waals surface area contributed by atoms with E-state index in [2.05, 4.69) is 10.3 Å². The Labute approximate surface area is 74.1 Å². The fourth-order valence-corrected chi connectivity index (χ4v) is 2.44. The van der Waals surface area contributed by atoms with Gasteiger partial charge < -0.3 is 11.1 Å². The molecule has 0 saturated carbocycles. The highest BCUT2D eigenvalue weighted by atomic mass is 32.2. The van der Waals surface area contributed by atoms with Crippen LogP contribution in [0.3, 0.4) is 0 Å². The summed E-state index contributed by atoms with van der Waals surface area (Å²) in [5, 5.41) is 5.88. The van der Waals surface area contributed by atoms with Crippen LogP contribution in [0.25, 0.3) is 0 Å². The molecule has 11 heavy (non-hydrogen) atoms. The van der Waals surface area contributed by atoms with E-state index in [-0.39, 0.29) is 11.3 Å². The van der Waals surface area contributed by atoms with Gasteiger partial charge in [-0.15, -0.1) is 11.8 Å². The summed E-state index contributed by atoms with van der Waals surface area (Å²) in [6.07, 6.45) is 2.04. The molecule has 3 nitrogen and oxygen atoms in total. The molecule has 0 aliphatic carbocycles. The van der Waals surface area contributed by atoms with Crippen LogP contribution in [0.2, 0.25) is 0 Å². The third kappa shape index (κ3) is 1.14. The lowest BCUT2D eigenvalue weighted by molar-refractivity contribution is 0.721. The molecule has 0 aromatic heterocycles. The van der Waals surface area contributed by atoms with Gasteiger partial charge in [0, 0.05) is 0 Å². The van der Waals surface area contributed by atoms with Crippen molar-refractivity contribution in [1.29, 1.82) is 0 Å². The quantitative estimate of drug-likeness (QED) is 0.537. The van der Waals surface area contributed by atoms with Gasteiger partial charge in [-0.3, -0.25) is 0 Å². The van der Waals surface area contributed by atoms with Crippen LogP contribution >= 0.6 is 24.0 Å². The number of rotatable bonds is 0. The standard InChI is InChI=1S/C6H7N3S2/c7-4-3-1-2-11-5(3)9-6(10)8-4/h1-3,5H,(H3,7,8,9,10). The number of thiocarbonyl (C=S) groups is 1. The maximum absolute atomic E-state index is 5.67. The number of amidine groups is 1. The molecule has 2 aliphatic heterocycles. The summed E-state index contributed by atoms with van der Waals surface area (Å²) in [4.78, 5) is 3.98. The Morgan fingerprint density at radius 3 is 3.36 bits per heavy atom. The van der Waals surface area contributed by atoms with Crippen molar-refractivity contribution in [3.8, 4) is 0 Å². The van der Waals surface area contributed by atoms with Gasteiger partial charge in [-0.2, -0.15) is 0 Å². The van der Waals surface area contributed by atoms with Crippen molar-refractivity contribution in [3.63, 3.8) is 0 Å². The highest BCUT2D eigenvalue weighted by Crippen LogP contribution is 2.29. The molecule has 2 atom stereocenters. The van der Waals surface area contributed by atoms with Crippen LogP contribution < -0.4 is 11.1 Å². The molecule has 2 aliphatic rings. The topological polar surface area (TPSA) is 50.4 Å². The number of nitrogens with zero attached hydrogens (tertiary/aromatic N) is 1. The summed E-state index contributed by atoms with van der Waals surface area (Å²) in [6.45, 7) is 0.